The number of nitrogens with two attached hydrogens (primary N) is 6. The van der Waals surface area contributed by atoms with Crippen molar-refractivity contribution in [1.29, 1.82) is 0 Å². The fourth-order valence-corrected chi connectivity index (χ4v) is 4.01. The van der Waals surface area contributed by atoms with Gasteiger partial charge in [0.1, 0.15) is 18.1 Å². The highest BCUT2D eigenvalue weighted by Crippen LogP contribution is 2.20. The van der Waals surface area contributed by atoms with Crippen LogP contribution in [0.4, 0.5) is 0 Å². The molecule has 0 aromatic heterocycles. The summed E-state index contributed by atoms with van der Waals surface area (Å²) in [6.07, 6.45) is 1.54. The van der Waals surface area contributed by atoms with E-state index in [0.29, 0.717) is 25.7 Å². The Balaban J connectivity index is 2.95. The highest BCUT2D eigenvalue weighted by Gasteiger charge is 2.39. The first-order valence-electron chi connectivity index (χ1n) is 12.6. The van der Waals surface area contributed by atoms with Gasteiger partial charge in [-0.05, 0) is 44.9 Å². The Kier molecular flexibility index (Phi) is 14.0. The van der Waals surface area contributed by atoms with Gasteiger partial charge < -0.3 is 55.0 Å². The lowest BCUT2D eigenvalue weighted by Crippen LogP contribution is -2.56. The van der Waals surface area contributed by atoms with Crippen LogP contribution >= 0.6 is 0 Å². The molecule has 0 bridgehead atoms. The normalized spacial score (nSPS) is 16.8. The number of hydrogen-bond acceptors (Lipinski definition) is 8. The number of carbonyl (C=O) groups excluding carboxylic acids is 4. The molecule has 1 aliphatic rings. The van der Waals surface area contributed by atoms with Crippen LogP contribution in [0.2, 0.25) is 0 Å². The fraction of sp³-hybridized carbons (Fsp3) is 0.682. The molecule has 39 heavy (non-hydrogen) atoms. The quantitative estimate of drug-likeness (QED) is 0.0469. The molecule has 1 rings (SSSR count). The van der Waals surface area contributed by atoms with Gasteiger partial charge in [0.2, 0.25) is 23.6 Å². The summed E-state index contributed by atoms with van der Waals surface area (Å²) >= 11 is 0. The number of carboxylic acid groups (broad SMARTS) is 1. The molecule has 17 nitrogen and oxygen atoms in total. The number of primary amides is 1. The third-order valence-electron chi connectivity index (χ3n) is 6.00. The van der Waals surface area contributed by atoms with Crippen molar-refractivity contribution in [3.8, 4) is 0 Å². The summed E-state index contributed by atoms with van der Waals surface area (Å²) in [6.45, 7) is 0.711. The van der Waals surface area contributed by atoms with Gasteiger partial charge in [0.05, 0.1) is 6.04 Å². The van der Waals surface area contributed by atoms with E-state index in [4.69, 9.17) is 34.4 Å². The first kappa shape index (κ1) is 32.9. The molecule has 0 aliphatic carbocycles. The number of rotatable bonds is 17. The minimum atomic E-state index is -1.35. The number of nitrogens with zero attached hydrogens (tertiary/aromatic N) is 3. The van der Waals surface area contributed by atoms with Gasteiger partial charge in [0.15, 0.2) is 11.9 Å². The molecule has 0 radical (unpaired) electrons. The summed E-state index contributed by atoms with van der Waals surface area (Å²) in [5, 5.41) is 14.4. The summed E-state index contributed by atoms with van der Waals surface area (Å²) in [4.78, 5) is 70.8. The van der Waals surface area contributed by atoms with E-state index in [-0.39, 0.29) is 57.2 Å². The maximum atomic E-state index is 13.5. The molecule has 1 fully saturated rings. The van der Waals surface area contributed by atoms with E-state index in [0.717, 1.165) is 0 Å². The number of likely N-dealkylation sites (tertiary alicyclic amines) is 1. The van der Waals surface area contributed by atoms with Crippen molar-refractivity contribution in [2.75, 3.05) is 19.6 Å². The van der Waals surface area contributed by atoms with Crippen molar-refractivity contribution in [3.63, 3.8) is 0 Å². The van der Waals surface area contributed by atoms with E-state index < -0.39 is 53.8 Å². The summed E-state index contributed by atoms with van der Waals surface area (Å²) in [7, 11) is 0. The van der Waals surface area contributed by atoms with Gasteiger partial charge >= 0.3 is 5.97 Å². The van der Waals surface area contributed by atoms with Crippen molar-refractivity contribution in [1.82, 2.24) is 15.5 Å². The molecule has 1 aliphatic heterocycles. The number of guanidine groups is 2. The molecule has 0 aromatic carbocycles. The number of amides is 4. The monoisotopic (exact) mass is 555 g/mol. The molecule has 17 heteroatoms. The van der Waals surface area contributed by atoms with Crippen LogP contribution in [0.1, 0.15) is 51.4 Å². The van der Waals surface area contributed by atoms with Crippen LogP contribution in [-0.2, 0) is 24.0 Å². The van der Waals surface area contributed by atoms with Gasteiger partial charge in [-0.25, -0.2) is 4.79 Å². The van der Waals surface area contributed by atoms with E-state index >= 15 is 0 Å². The average Bonchev–Trinajstić information content (AvgIpc) is 3.35. The fourth-order valence-electron chi connectivity index (χ4n) is 4.01. The summed E-state index contributed by atoms with van der Waals surface area (Å²) < 4.78 is 0. The Morgan fingerprint density at radius 3 is 2.00 bits per heavy atom. The molecule has 4 atom stereocenters. The number of nitrogens with one attached hydrogen (secondary N) is 2. The second kappa shape index (κ2) is 16.6. The van der Waals surface area contributed by atoms with Crippen LogP contribution in [0, 0.1) is 0 Å². The number of aliphatic imine (C=N–C) groups is 2. The SMILES string of the molecule is NC(=O)CCC(NC(=O)C1CCCN1C(=O)C(CCCN=C(N)N)NC(=O)C(N)CCCN=C(N)N)C(=O)O. The predicted molar refractivity (Wildman–Crippen MR) is 142 cm³/mol. The molecule has 220 valence electrons. The molecule has 0 saturated carbocycles. The minimum Gasteiger partial charge on any atom is -0.480 e. The van der Waals surface area contributed by atoms with Gasteiger partial charge in [0.25, 0.3) is 0 Å². The standard InChI is InChI=1S/C22H41N11O6/c23-12(4-1-9-29-21(25)26)17(35)31-13(5-2-10-30-22(27)28)19(37)33-11-3-6-15(33)18(36)32-14(20(38)39)7-8-16(24)34/h12-15H,1-11,23H2,(H2,24,34)(H,31,35)(H,32,36)(H,38,39)(H4,25,26,29)(H4,27,28,30). The van der Waals surface area contributed by atoms with Crippen molar-refractivity contribution in [2.45, 2.75) is 75.5 Å². The molecular weight excluding hydrogens is 514 g/mol. The first-order chi connectivity index (χ1) is 18.3. The minimum absolute atomic E-state index is 0.0776. The zero-order chi connectivity index (χ0) is 29.5. The average molecular weight is 556 g/mol. The van der Waals surface area contributed by atoms with E-state index in [1.807, 2.05) is 0 Å². The van der Waals surface area contributed by atoms with Crippen LogP contribution in [0.15, 0.2) is 9.98 Å². The molecule has 0 aromatic rings. The second-order valence-corrected chi connectivity index (χ2v) is 9.16. The highest BCUT2D eigenvalue weighted by molar-refractivity contribution is 5.94. The lowest BCUT2D eigenvalue weighted by Gasteiger charge is -2.30. The lowest BCUT2D eigenvalue weighted by molar-refractivity contribution is -0.145. The van der Waals surface area contributed by atoms with E-state index in [2.05, 4.69) is 20.6 Å². The zero-order valence-electron chi connectivity index (χ0n) is 21.9. The van der Waals surface area contributed by atoms with Crippen LogP contribution in [0.3, 0.4) is 0 Å². The van der Waals surface area contributed by atoms with E-state index in [1.54, 1.807) is 0 Å². The topological polar surface area (TPSA) is 314 Å². The smallest absolute Gasteiger partial charge is 0.326 e. The largest absolute Gasteiger partial charge is 0.480 e. The highest BCUT2D eigenvalue weighted by atomic mass is 16.4. The van der Waals surface area contributed by atoms with E-state index in [9.17, 15) is 29.1 Å². The van der Waals surface area contributed by atoms with Crippen LogP contribution < -0.4 is 45.0 Å². The lowest BCUT2D eigenvalue weighted by atomic mass is 10.1. The predicted octanol–water partition coefficient (Wildman–Crippen LogP) is -4.27. The van der Waals surface area contributed by atoms with Gasteiger partial charge in [-0.3, -0.25) is 29.2 Å². The zero-order valence-corrected chi connectivity index (χ0v) is 21.9. The third kappa shape index (κ3) is 12.3. The Morgan fingerprint density at radius 2 is 1.46 bits per heavy atom. The summed E-state index contributed by atoms with van der Waals surface area (Å²) in [5.41, 5.74) is 32.3. The molecule has 1 heterocycles. The number of aliphatic carboxylic acids is 1. The maximum absolute atomic E-state index is 13.5. The van der Waals surface area contributed by atoms with Gasteiger partial charge in [-0.1, -0.05) is 0 Å². The molecule has 0 spiro atoms. The third-order valence-corrected chi connectivity index (χ3v) is 6.00. The molecular formula is C22H41N11O6. The summed E-state index contributed by atoms with van der Waals surface area (Å²) in [5.74, 6) is -4.02. The van der Waals surface area contributed by atoms with Gasteiger partial charge in [0, 0.05) is 26.1 Å². The molecule has 4 unspecified atom stereocenters. The summed E-state index contributed by atoms with van der Waals surface area (Å²) in [6, 6.07) is -4.28. The second-order valence-electron chi connectivity index (χ2n) is 9.16. The van der Waals surface area contributed by atoms with Gasteiger partial charge in [-0.2, -0.15) is 0 Å². The Bertz CT molecular complexity index is 933. The number of carboxylic acids is 1. The van der Waals surface area contributed by atoms with Crippen molar-refractivity contribution in [3.05, 3.63) is 0 Å². The van der Waals surface area contributed by atoms with Crippen LogP contribution in [0.5, 0.6) is 0 Å². The van der Waals surface area contributed by atoms with Crippen molar-refractivity contribution in [2.24, 2.45) is 44.4 Å². The number of carbonyl (C=O) groups is 5. The van der Waals surface area contributed by atoms with Crippen LogP contribution in [0.25, 0.3) is 0 Å². The number of hydrogen-bond donors (Lipinski definition) is 9. The van der Waals surface area contributed by atoms with Gasteiger partial charge in [-0.15, -0.1) is 0 Å². The van der Waals surface area contributed by atoms with Crippen molar-refractivity contribution < 1.29 is 29.1 Å². The maximum Gasteiger partial charge on any atom is 0.326 e. The first-order valence-corrected chi connectivity index (χ1v) is 12.6. The Hall–Kier alpha value is -4.15. The molecule has 1 saturated heterocycles. The van der Waals surface area contributed by atoms with Crippen LogP contribution in [-0.4, -0.2) is 95.3 Å². The Labute approximate surface area is 226 Å². The van der Waals surface area contributed by atoms with E-state index in [1.165, 1.54) is 4.90 Å². The molecule has 15 N–H and O–H groups in total. The Morgan fingerprint density at radius 1 is 0.872 bits per heavy atom. The van der Waals surface area contributed by atoms with Crippen molar-refractivity contribution >= 4 is 41.5 Å². The molecule has 4 amide bonds.